The van der Waals surface area contributed by atoms with Gasteiger partial charge in [-0.05, 0) is 22.8 Å². The lowest BCUT2D eigenvalue weighted by atomic mass is 10.7. The average molecular weight is 195 g/mol. The fraction of sp³-hybridized carbons (Fsp3) is 0.400. The second kappa shape index (κ2) is 2.39. The SMILES string of the molecule is [2H]C([2H])([2H])C([2H])([2H])n1cc(Br)nc1N. The third kappa shape index (κ3) is 1.24. The van der Waals surface area contributed by atoms with Crippen molar-refractivity contribution in [3.63, 3.8) is 0 Å². The molecule has 1 rings (SSSR count). The Bertz CT molecular complexity index is 344. The maximum Gasteiger partial charge on any atom is 0.201 e. The van der Waals surface area contributed by atoms with E-state index in [0.29, 0.717) is 4.60 Å². The number of halogens is 1. The Kier molecular flexibility index (Phi) is 0.695. The Balaban J connectivity index is 3.22. The Hall–Kier alpha value is -0.510. The van der Waals surface area contributed by atoms with Crippen LogP contribution >= 0.6 is 15.9 Å². The molecule has 9 heavy (non-hydrogen) atoms. The molecule has 0 aliphatic heterocycles. The van der Waals surface area contributed by atoms with Crippen molar-refractivity contribution in [1.29, 1.82) is 0 Å². The molecule has 1 heterocycles. The number of nitrogens with zero attached hydrogens (tertiary/aromatic N) is 2. The summed E-state index contributed by atoms with van der Waals surface area (Å²) in [5.41, 5.74) is 5.36. The molecule has 0 spiro atoms. The molecule has 0 fully saturated rings. The van der Waals surface area contributed by atoms with Gasteiger partial charge in [0.1, 0.15) is 4.60 Å². The monoisotopic (exact) mass is 194 g/mol. The van der Waals surface area contributed by atoms with Gasteiger partial charge < -0.3 is 10.3 Å². The fourth-order valence-electron chi connectivity index (χ4n) is 0.454. The van der Waals surface area contributed by atoms with Crippen LogP contribution in [0.5, 0.6) is 0 Å². The van der Waals surface area contributed by atoms with Crippen molar-refractivity contribution < 1.29 is 6.85 Å². The second-order valence-electron chi connectivity index (χ2n) is 1.40. The van der Waals surface area contributed by atoms with Crippen LogP contribution in [0.3, 0.4) is 0 Å². The number of aryl methyl sites for hydroxylation is 1. The molecule has 2 N–H and O–H groups in total. The van der Waals surface area contributed by atoms with Crippen molar-refractivity contribution in [1.82, 2.24) is 9.55 Å². The largest absolute Gasteiger partial charge is 0.369 e. The van der Waals surface area contributed by atoms with Gasteiger partial charge in [0.05, 0.1) is 0 Å². The molecule has 1 aromatic rings. The van der Waals surface area contributed by atoms with Gasteiger partial charge in [0.25, 0.3) is 0 Å². The summed E-state index contributed by atoms with van der Waals surface area (Å²) in [4.78, 5) is 3.66. The van der Waals surface area contributed by atoms with Gasteiger partial charge in [-0.1, -0.05) is 0 Å². The molecule has 0 amide bonds. The molecule has 0 atom stereocenters. The Labute approximate surface area is 69.0 Å². The van der Waals surface area contributed by atoms with E-state index in [9.17, 15) is 0 Å². The van der Waals surface area contributed by atoms with Crippen LogP contribution in [0.4, 0.5) is 5.95 Å². The highest BCUT2D eigenvalue weighted by Crippen LogP contribution is 2.09. The van der Waals surface area contributed by atoms with E-state index in [1.54, 1.807) is 0 Å². The summed E-state index contributed by atoms with van der Waals surface area (Å²) < 4.78 is 36.9. The van der Waals surface area contributed by atoms with Crippen LogP contribution in [0.15, 0.2) is 10.8 Å². The van der Waals surface area contributed by atoms with E-state index in [1.807, 2.05) is 0 Å². The number of hydrogen-bond donors (Lipinski definition) is 1. The van der Waals surface area contributed by atoms with Gasteiger partial charge in [0, 0.05) is 19.5 Å². The smallest absolute Gasteiger partial charge is 0.201 e. The predicted octanol–water partition coefficient (Wildman–Crippen LogP) is 1.25. The summed E-state index contributed by atoms with van der Waals surface area (Å²) in [6.07, 6.45) is 1.20. The fourth-order valence-corrected chi connectivity index (χ4v) is 0.841. The third-order valence-electron chi connectivity index (χ3n) is 0.824. The van der Waals surface area contributed by atoms with E-state index in [1.165, 1.54) is 6.20 Å². The van der Waals surface area contributed by atoms with E-state index in [0.717, 1.165) is 4.57 Å². The maximum atomic E-state index is 7.40. The van der Waals surface area contributed by atoms with Gasteiger partial charge in [-0.2, -0.15) is 0 Å². The van der Waals surface area contributed by atoms with Crippen molar-refractivity contribution >= 4 is 21.9 Å². The lowest BCUT2D eigenvalue weighted by molar-refractivity contribution is 0.774. The van der Waals surface area contributed by atoms with Gasteiger partial charge in [-0.15, -0.1) is 0 Å². The predicted molar refractivity (Wildman–Crippen MR) is 40.0 cm³/mol. The van der Waals surface area contributed by atoms with Crippen molar-refractivity contribution in [2.24, 2.45) is 0 Å². The van der Waals surface area contributed by atoms with Crippen molar-refractivity contribution in [3.05, 3.63) is 10.8 Å². The van der Waals surface area contributed by atoms with E-state index in [2.05, 4.69) is 20.9 Å². The molecular weight excluding hydrogens is 182 g/mol. The number of anilines is 1. The molecule has 0 aliphatic carbocycles. The van der Waals surface area contributed by atoms with E-state index in [4.69, 9.17) is 12.6 Å². The molecule has 50 valence electrons. The molecule has 0 saturated heterocycles. The van der Waals surface area contributed by atoms with Gasteiger partial charge >= 0.3 is 0 Å². The van der Waals surface area contributed by atoms with Gasteiger partial charge in [-0.25, -0.2) is 4.98 Å². The molecule has 0 aliphatic rings. The highest BCUT2D eigenvalue weighted by atomic mass is 79.9. The van der Waals surface area contributed by atoms with Crippen LogP contribution in [-0.2, 0) is 6.50 Å². The topological polar surface area (TPSA) is 43.8 Å². The minimum Gasteiger partial charge on any atom is -0.369 e. The van der Waals surface area contributed by atoms with Crippen LogP contribution in [-0.4, -0.2) is 9.55 Å². The van der Waals surface area contributed by atoms with Crippen molar-refractivity contribution in [2.75, 3.05) is 5.73 Å². The van der Waals surface area contributed by atoms with E-state index >= 15 is 0 Å². The Morgan fingerprint density at radius 3 is 3.44 bits per heavy atom. The van der Waals surface area contributed by atoms with Crippen LogP contribution in [0.1, 0.15) is 13.7 Å². The maximum absolute atomic E-state index is 7.40. The molecule has 0 unspecified atom stereocenters. The molecule has 4 heteroatoms. The number of nitrogens with two attached hydrogens (primary N) is 1. The molecule has 0 aromatic carbocycles. The Morgan fingerprint density at radius 2 is 3.00 bits per heavy atom. The van der Waals surface area contributed by atoms with Crippen molar-refractivity contribution in [3.8, 4) is 0 Å². The second-order valence-corrected chi connectivity index (χ2v) is 2.22. The standard InChI is InChI=1S/C5H8BrN3/c1-2-9-3-4(6)8-5(9)7/h3H,2H2,1H3,(H2,7,8)/i1D3,2D2. The number of hydrogen-bond acceptors (Lipinski definition) is 2. The molecule has 3 nitrogen and oxygen atoms in total. The zero-order valence-electron chi connectivity index (χ0n) is 9.43. The number of imidazole rings is 1. The lowest BCUT2D eigenvalue weighted by Gasteiger charge is -1.94. The van der Waals surface area contributed by atoms with Gasteiger partial charge in [-0.3, -0.25) is 0 Å². The number of aromatic nitrogens is 2. The van der Waals surface area contributed by atoms with E-state index in [-0.39, 0.29) is 5.95 Å². The molecule has 0 bridgehead atoms. The lowest BCUT2D eigenvalue weighted by Crippen LogP contribution is -1.98. The zero-order chi connectivity index (χ0) is 11.1. The number of rotatable bonds is 1. The minimum absolute atomic E-state index is 0.182. The first-order valence-corrected chi connectivity index (χ1v) is 2.96. The van der Waals surface area contributed by atoms with Gasteiger partial charge in [0.2, 0.25) is 5.95 Å². The summed E-state index contributed by atoms with van der Waals surface area (Å²) in [6.45, 7) is -5.35. The molecule has 1 aromatic heterocycles. The highest BCUT2D eigenvalue weighted by molar-refractivity contribution is 9.10. The first kappa shape index (κ1) is 2.62. The minimum atomic E-state index is -2.79. The molecule has 0 saturated carbocycles. The first-order valence-electron chi connectivity index (χ1n) is 4.67. The summed E-state index contributed by atoms with van der Waals surface area (Å²) in [5.74, 6) is -0.182. The number of nitrogen functional groups attached to an aromatic ring is 1. The van der Waals surface area contributed by atoms with Crippen molar-refractivity contribution in [2.45, 2.75) is 13.3 Å². The average Bonchev–Trinajstić information content (AvgIpc) is 2.27. The zero-order valence-corrected chi connectivity index (χ0v) is 6.01. The van der Waals surface area contributed by atoms with Crippen LogP contribution < -0.4 is 5.73 Å². The Morgan fingerprint density at radius 1 is 2.22 bits per heavy atom. The van der Waals surface area contributed by atoms with Crippen LogP contribution in [0, 0.1) is 0 Å². The first-order chi connectivity index (χ1) is 6.16. The van der Waals surface area contributed by atoms with Gasteiger partial charge in [0.15, 0.2) is 0 Å². The molecular formula is C5H8BrN3. The summed E-state index contributed by atoms with van der Waals surface area (Å²) in [7, 11) is 0. The van der Waals surface area contributed by atoms with Crippen LogP contribution in [0.2, 0.25) is 0 Å². The molecule has 0 radical (unpaired) electrons. The summed E-state index contributed by atoms with van der Waals surface area (Å²) in [5, 5.41) is 0. The summed E-state index contributed by atoms with van der Waals surface area (Å²) >= 11 is 2.98. The third-order valence-corrected chi connectivity index (χ3v) is 1.21. The highest BCUT2D eigenvalue weighted by Gasteiger charge is 1.97. The van der Waals surface area contributed by atoms with Crippen LogP contribution in [0.25, 0.3) is 0 Å². The van der Waals surface area contributed by atoms with E-state index < -0.39 is 13.3 Å². The summed E-state index contributed by atoms with van der Waals surface area (Å²) in [6, 6.07) is 0. The normalized spacial score (nSPS) is 21.2. The quantitative estimate of drug-likeness (QED) is 0.732.